The minimum absolute atomic E-state index is 0.133. The molecule has 58 heavy (non-hydrogen) atoms. The van der Waals surface area contributed by atoms with Gasteiger partial charge in [-0.15, -0.1) is 0 Å². The van der Waals surface area contributed by atoms with Crippen molar-refractivity contribution in [3.05, 3.63) is 0 Å². The summed E-state index contributed by atoms with van der Waals surface area (Å²) >= 11 is 0. The average molecular weight is 842 g/mol. The van der Waals surface area contributed by atoms with Gasteiger partial charge in [-0.1, -0.05) is 84.0 Å². The molecule has 0 spiro atoms. The number of esters is 1. The zero-order chi connectivity index (χ0) is 41.8. The Morgan fingerprint density at radius 1 is 0.310 bits per heavy atom. The Bertz CT molecular complexity index is 758. The Hall–Kier alpha value is -1.05. The van der Waals surface area contributed by atoms with Crippen molar-refractivity contribution in [1.29, 1.82) is 0 Å². The van der Waals surface area contributed by atoms with Gasteiger partial charge in [-0.2, -0.15) is 0 Å². The molecule has 0 aliphatic carbocycles. The van der Waals surface area contributed by atoms with Crippen molar-refractivity contribution < 1.29 is 66.4 Å². The smallest absolute Gasteiger partial charge is 0.305 e. The van der Waals surface area contributed by atoms with Crippen molar-refractivity contribution in [2.45, 2.75) is 96.8 Å². The lowest BCUT2D eigenvalue weighted by molar-refractivity contribution is -0.145. The van der Waals surface area contributed by atoms with Crippen LogP contribution in [0.25, 0.3) is 0 Å². The second kappa shape index (κ2) is 54.0. The summed E-state index contributed by atoms with van der Waals surface area (Å²) < 4.78 is 71.0. The quantitative estimate of drug-likeness (QED) is 0.0613. The Morgan fingerprint density at radius 3 is 0.793 bits per heavy atom. The minimum atomic E-state index is -0.133. The van der Waals surface area contributed by atoms with E-state index in [1.54, 1.807) is 0 Å². The molecule has 0 heterocycles. The number of hydrogen-bond acceptors (Lipinski definition) is 15. The number of ether oxygens (including phenoxy) is 13. The van der Waals surface area contributed by atoms with Gasteiger partial charge >= 0.3 is 5.97 Å². The summed E-state index contributed by atoms with van der Waals surface area (Å²) in [6.07, 6.45) is 17.3. The Kier molecular flexibility index (Phi) is 53.0. The third-order valence-corrected chi connectivity index (χ3v) is 8.56. The molecule has 0 atom stereocenters. The number of carbonyl (C=O) groups is 1. The van der Waals surface area contributed by atoms with E-state index in [9.17, 15) is 4.79 Å². The SMILES string of the molecule is CCCCCCCCCCCCCCCC(=O)OCCOCCOCCOCCOCCOCCOCCOCCOCCOCCOCCOCCOCCNC. The molecular formula is C43H87NO14. The van der Waals surface area contributed by atoms with E-state index in [0.29, 0.717) is 165 Å². The van der Waals surface area contributed by atoms with E-state index in [2.05, 4.69) is 12.2 Å². The topological polar surface area (TPSA) is 149 Å². The molecule has 0 fully saturated rings. The maximum atomic E-state index is 11.9. The molecule has 1 N–H and O–H groups in total. The number of carbonyl (C=O) groups excluding carboxylic acids is 1. The fourth-order valence-corrected chi connectivity index (χ4v) is 5.27. The zero-order valence-electron chi connectivity index (χ0n) is 37.0. The lowest BCUT2D eigenvalue weighted by atomic mass is 10.0. The first-order valence-corrected chi connectivity index (χ1v) is 22.5. The van der Waals surface area contributed by atoms with Crippen LogP contribution < -0.4 is 5.32 Å². The Morgan fingerprint density at radius 2 is 0.534 bits per heavy atom. The highest BCUT2D eigenvalue weighted by molar-refractivity contribution is 5.69. The van der Waals surface area contributed by atoms with Gasteiger partial charge < -0.3 is 66.9 Å². The van der Waals surface area contributed by atoms with Crippen LogP contribution in [0, 0.1) is 0 Å². The molecule has 0 aromatic rings. The van der Waals surface area contributed by atoms with Crippen LogP contribution in [-0.2, 0) is 66.4 Å². The van der Waals surface area contributed by atoms with Crippen LogP contribution in [0.2, 0.25) is 0 Å². The highest BCUT2D eigenvalue weighted by atomic mass is 16.6. The second-order valence-corrected chi connectivity index (χ2v) is 13.7. The highest BCUT2D eigenvalue weighted by Crippen LogP contribution is 2.13. The molecule has 0 saturated heterocycles. The third-order valence-electron chi connectivity index (χ3n) is 8.56. The second-order valence-electron chi connectivity index (χ2n) is 13.7. The lowest BCUT2D eigenvalue weighted by Gasteiger charge is -2.09. The molecular weight excluding hydrogens is 754 g/mol. The van der Waals surface area contributed by atoms with Crippen molar-refractivity contribution in [3.63, 3.8) is 0 Å². The predicted molar refractivity (Wildman–Crippen MR) is 225 cm³/mol. The molecule has 0 saturated carbocycles. The van der Waals surface area contributed by atoms with E-state index in [1.165, 1.54) is 70.6 Å². The van der Waals surface area contributed by atoms with Gasteiger partial charge in [0, 0.05) is 13.0 Å². The first kappa shape index (κ1) is 57.0. The van der Waals surface area contributed by atoms with Crippen molar-refractivity contribution in [1.82, 2.24) is 5.32 Å². The maximum Gasteiger partial charge on any atom is 0.305 e. The lowest BCUT2D eigenvalue weighted by Crippen LogP contribution is -2.17. The van der Waals surface area contributed by atoms with Crippen LogP contribution in [0.15, 0.2) is 0 Å². The van der Waals surface area contributed by atoms with E-state index >= 15 is 0 Å². The summed E-state index contributed by atoms with van der Waals surface area (Å²) in [6.45, 7) is 15.7. The minimum Gasteiger partial charge on any atom is -0.463 e. The van der Waals surface area contributed by atoms with Crippen LogP contribution in [0.4, 0.5) is 0 Å². The van der Waals surface area contributed by atoms with Crippen molar-refractivity contribution in [2.24, 2.45) is 0 Å². The summed E-state index contributed by atoms with van der Waals surface area (Å²) in [5.41, 5.74) is 0. The fraction of sp³-hybridized carbons (Fsp3) is 0.977. The molecule has 0 aromatic heterocycles. The van der Waals surface area contributed by atoms with Crippen molar-refractivity contribution in [2.75, 3.05) is 179 Å². The number of nitrogens with one attached hydrogen (secondary N) is 1. The third kappa shape index (κ3) is 53.0. The van der Waals surface area contributed by atoms with E-state index in [1.807, 2.05) is 7.05 Å². The van der Waals surface area contributed by atoms with Crippen molar-refractivity contribution in [3.8, 4) is 0 Å². The first-order chi connectivity index (χ1) is 28.8. The van der Waals surface area contributed by atoms with Gasteiger partial charge in [0.2, 0.25) is 0 Å². The summed E-state index contributed by atoms with van der Waals surface area (Å²) in [6, 6.07) is 0. The highest BCUT2D eigenvalue weighted by Gasteiger charge is 2.03. The first-order valence-electron chi connectivity index (χ1n) is 22.5. The van der Waals surface area contributed by atoms with Crippen LogP contribution >= 0.6 is 0 Å². The normalized spacial score (nSPS) is 11.6. The molecule has 0 aliphatic rings. The molecule has 0 unspecified atom stereocenters. The Balaban J connectivity index is 3.12. The van der Waals surface area contributed by atoms with E-state index < -0.39 is 0 Å². The standard InChI is InChI=1S/C43H87NO14/c1-3-4-5-6-7-8-9-10-11-12-13-14-15-16-43(45)58-42-41-57-40-39-56-38-37-55-36-35-54-34-33-53-32-31-52-30-29-51-28-27-50-26-25-49-24-23-48-22-21-47-20-19-46-18-17-44-2/h44H,3-42H2,1-2H3. The van der Waals surface area contributed by atoms with Gasteiger partial charge in [0.15, 0.2) is 0 Å². The van der Waals surface area contributed by atoms with Gasteiger partial charge in [0.1, 0.15) is 6.61 Å². The van der Waals surface area contributed by atoms with E-state index in [-0.39, 0.29) is 12.6 Å². The zero-order valence-corrected chi connectivity index (χ0v) is 37.0. The fourth-order valence-electron chi connectivity index (χ4n) is 5.27. The molecule has 0 radical (unpaired) electrons. The number of rotatable bonds is 53. The molecule has 0 aromatic carbocycles. The maximum absolute atomic E-state index is 11.9. The molecule has 0 aliphatic heterocycles. The van der Waals surface area contributed by atoms with Crippen LogP contribution in [0.1, 0.15) is 96.8 Å². The monoisotopic (exact) mass is 842 g/mol. The van der Waals surface area contributed by atoms with Gasteiger partial charge in [-0.3, -0.25) is 4.79 Å². The summed E-state index contributed by atoms with van der Waals surface area (Å²) in [7, 11) is 1.90. The average Bonchev–Trinajstić information content (AvgIpc) is 3.23. The predicted octanol–water partition coefficient (Wildman–Crippen LogP) is 5.43. The van der Waals surface area contributed by atoms with E-state index in [4.69, 9.17) is 61.6 Å². The molecule has 0 amide bonds. The van der Waals surface area contributed by atoms with Gasteiger partial charge in [-0.25, -0.2) is 0 Å². The molecule has 15 heteroatoms. The molecule has 0 rings (SSSR count). The van der Waals surface area contributed by atoms with Crippen LogP contribution in [-0.4, -0.2) is 185 Å². The van der Waals surface area contributed by atoms with Crippen molar-refractivity contribution >= 4 is 5.97 Å². The van der Waals surface area contributed by atoms with Gasteiger partial charge in [-0.05, 0) is 13.5 Å². The largest absolute Gasteiger partial charge is 0.463 e. The van der Waals surface area contributed by atoms with E-state index in [0.717, 1.165) is 19.4 Å². The van der Waals surface area contributed by atoms with Crippen LogP contribution in [0.5, 0.6) is 0 Å². The van der Waals surface area contributed by atoms with Gasteiger partial charge in [0.05, 0.1) is 159 Å². The summed E-state index contributed by atoms with van der Waals surface area (Å²) in [5.74, 6) is -0.133. The summed E-state index contributed by atoms with van der Waals surface area (Å²) in [5, 5.41) is 3.02. The number of hydrogen-bond donors (Lipinski definition) is 1. The molecule has 348 valence electrons. The Labute approximate surface area is 352 Å². The molecule has 0 bridgehead atoms. The van der Waals surface area contributed by atoms with Gasteiger partial charge in [0.25, 0.3) is 0 Å². The van der Waals surface area contributed by atoms with Crippen LogP contribution in [0.3, 0.4) is 0 Å². The number of unbranched alkanes of at least 4 members (excludes halogenated alkanes) is 12. The number of likely N-dealkylation sites (N-methyl/N-ethyl adjacent to an activating group) is 1. The summed E-state index contributed by atoms with van der Waals surface area (Å²) in [4.78, 5) is 11.9. The molecule has 15 nitrogen and oxygen atoms in total.